The van der Waals surface area contributed by atoms with Gasteiger partial charge in [-0.2, -0.15) is 0 Å². The summed E-state index contributed by atoms with van der Waals surface area (Å²) in [5.74, 6) is 0.925. The first-order valence-corrected chi connectivity index (χ1v) is 5.42. The molecule has 0 unspecified atom stereocenters. The van der Waals surface area contributed by atoms with E-state index in [1.807, 2.05) is 7.05 Å². The number of nitrogens with zero attached hydrogens (tertiary/aromatic N) is 2. The van der Waals surface area contributed by atoms with Crippen molar-refractivity contribution in [3.63, 3.8) is 0 Å². The normalized spacial score (nSPS) is 10.8. The number of aromatic nitrogens is 2. The molecule has 0 bridgehead atoms. The highest BCUT2D eigenvalue weighted by atomic mass is 15.1. The van der Waals surface area contributed by atoms with Gasteiger partial charge in [-0.3, -0.25) is 0 Å². The van der Waals surface area contributed by atoms with E-state index >= 15 is 0 Å². The minimum Gasteiger partial charge on any atom is -0.334 e. The summed E-state index contributed by atoms with van der Waals surface area (Å²) in [6.45, 7) is 4.64. The smallest absolute Gasteiger partial charge is 0.123 e. The van der Waals surface area contributed by atoms with Gasteiger partial charge in [-0.1, -0.05) is 23.8 Å². The van der Waals surface area contributed by atoms with Crippen LogP contribution in [0.25, 0.3) is 11.3 Å². The maximum Gasteiger partial charge on any atom is 0.123 e. The average Bonchev–Trinajstić information content (AvgIpc) is 2.56. The van der Waals surface area contributed by atoms with Crippen LogP contribution in [0.15, 0.2) is 24.3 Å². The zero-order valence-corrected chi connectivity index (χ0v) is 9.99. The first kappa shape index (κ1) is 10.9. The molecule has 3 heteroatoms. The van der Waals surface area contributed by atoms with Crippen LogP contribution in [-0.2, 0) is 13.6 Å². The van der Waals surface area contributed by atoms with E-state index in [1.54, 1.807) is 0 Å². The number of hydrogen-bond acceptors (Lipinski definition) is 2. The van der Waals surface area contributed by atoms with Gasteiger partial charge in [0, 0.05) is 18.3 Å². The first-order valence-electron chi connectivity index (χ1n) is 5.42. The van der Waals surface area contributed by atoms with Crippen molar-refractivity contribution in [3.8, 4) is 11.3 Å². The second-order valence-corrected chi connectivity index (χ2v) is 4.09. The lowest BCUT2D eigenvalue weighted by Gasteiger charge is -2.01. The Morgan fingerprint density at radius 1 is 1.31 bits per heavy atom. The zero-order chi connectivity index (χ0) is 11.7. The maximum absolute atomic E-state index is 5.66. The van der Waals surface area contributed by atoms with Gasteiger partial charge in [-0.05, 0) is 19.9 Å². The van der Waals surface area contributed by atoms with E-state index in [9.17, 15) is 0 Å². The Labute approximate surface area is 95.9 Å². The number of nitrogens with two attached hydrogens (primary N) is 1. The topological polar surface area (TPSA) is 43.8 Å². The molecule has 0 aliphatic carbocycles. The van der Waals surface area contributed by atoms with Gasteiger partial charge >= 0.3 is 0 Å². The highest BCUT2D eigenvalue weighted by Gasteiger charge is 2.11. The van der Waals surface area contributed by atoms with Crippen LogP contribution < -0.4 is 5.73 Å². The molecule has 2 rings (SSSR count). The lowest BCUT2D eigenvalue weighted by atomic mass is 10.1. The number of benzene rings is 1. The van der Waals surface area contributed by atoms with Crippen LogP contribution in [-0.4, -0.2) is 9.55 Å². The average molecular weight is 215 g/mol. The summed E-state index contributed by atoms with van der Waals surface area (Å²) in [7, 11) is 2.00. The van der Waals surface area contributed by atoms with E-state index < -0.39 is 0 Å². The van der Waals surface area contributed by atoms with Gasteiger partial charge < -0.3 is 10.3 Å². The van der Waals surface area contributed by atoms with Crippen molar-refractivity contribution in [1.82, 2.24) is 9.55 Å². The Kier molecular flexibility index (Phi) is 2.79. The van der Waals surface area contributed by atoms with Gasteiger partial charge in [0.15, 0.2) is 0 Å². The van der Waals surface area contributed by atoms with Crippen molar-refractivity contribution in [2.75, 3.05) is 0 Å². The molecule has 1 aromatic heterocycles. The third-order valence-corrected chi connectivity index (χ3v) is 2.95. The Morgan fingerprint density at radius 3 is 2.62 bits per heavy atom. The standard InChI is InChI=1S/C13H17N3/c1-9-5-4-6-11(7-9)13-10(2)16(3)12(8-14)15-13/h4-7H,8,14H2,1-3H3. The van der Waals surface area contributed by atoms with E-state index in [0.29, 0.717) is 6.54 Å². The molecule has 0 aliphatic heterocycles. The molecule has 1 aromatic carbocycles. The maximum atomic E-state index is 5.66. The molecular weight excluding hydrogens is 198 g/mol. The van der Waals surface area contributed by atoms with Crippen LogP contribution in [0, 0.1) is 13.8 Å². The van der Waals surface area contributed by atoms with E-state index in [1.165, 1.54) is 5.56 Å². The van der Waals surface area contributed by atoms with Gasteiger partial charge in [0.25, 0.3) is 0 Å². The van der Waals surface area contributed by atoms with Crippen molar-refractivity contribution >= 4 is 0 Å². The summed E-state index contributed by atoms with van der Waals surface area (Å²) in [4.78, 5) is 4.58. The molecule has 1 heterocycles. The fraction of sp³-hybridized carbons (Fsp3) is 0.308. The van der Waals surface area contributed by atoms with Crippen LogP contribution in [0.4, 0.5) is 0 Å². The molecule has 0 radical (unpaired) electrons. The molecule has 0 atom stereocenters. The zero-order valence-electron chi connectivity index (χ0n) is 9.99. The third kappa shape index (κ3) is 1.74. The fourth-order valence-corrected chi connectivity index (χ4v) is 1.89. The summed E-state index contributed by atoms with van der Waals surface area (Å²) in [5.41, 5.74) is 10.3. The summed E-state index contributed by atoms with van der Waals surface area (Å²) in [6.07, 6.45) is 0. The molecule has 16 heavy (non-hydrogen) atoms. The van der Waals surface area contributed by atoms with Crippen LogP contribution in [0.1, 0.15) is 17.1 Å². The number of hydrogen-bond donors (Lipinski definition) is 1. The number of imidazole rings is 1. The Morgan fingerprint density at radius 2 is 2.06 bits per heavy atom. The van der Waals surface area contributed by atoms with E-state index in [0.717, 1.165) is 22.8 Å². The van der Waals surface area contributed by atoms with E-state index in [-0.39, 0.29) is 0 Å². The summed E-state index contributed by atoms with van der Waals surface area (Å²) in [6, 6.07) is 8.38. The lowest BCUT2D eigenvalue weighted by molar-refractivity contribution is 0.774. The summed E-state index contributed by atoms with van der Waals surface area (Å²) >= 11 is 0. The molecule has 0 saturated carbocycles. The predicted molar refractivity (Wildman–Crippen MR) is 66.0 cm³/mol. The molecule has 2 aromatic rings. The van der Waals surface area contributed by atoms with Crippen molar-refractivity contribution in [2.24, 2.45) is 12.8 Å². The van der Waals surface area contributed by atoms with E-state index in [2.05, 4.69) is 47.7 Å². The van der Waals surface area contributed by atoms with Gasteiger partial charge in [-0.15, -0.1) is 0 Å². The molecular formula is C13H17N3. The summed E-state index contributed by atoms with van der Waals surface area (Å²) in [5, 5.41) is 0. The first-order chi connectivity index (χ1) is 7.63. The molecule has 0 spiro atoms. The van der Waals surface area contributed by atoms with Crippen LogP contribution in [0.5, 0.6) is 0 Å². The Hall–Kier alpha value is -1.61. The second kappa shape index (κ2) is 4.10. The molecule has 0 saturated heterocycles. The quantitative estimate of drug-likeness (QED) is 0.834. The number of rotatable bonds is 2. The minimum absolute atomic E-state index is 0.475. The molecule has 3 nitrogen and oxygen atoms in total. The minimum atomic E-state index is 0.475. The molecule has 84 valence electrons. The van der Waals surface area contributed by atoms with Crippen LogP contribution >= 0.6 is 0 Å². The van der Waals surface area contributed by atoms with Crippen molar-refractivity contribution in [2.45, 2.75) is 20.4 Å². The third-order valence-electron chi connectivity index (χ3n) is 2.95. The van der Waals surface area contributed by atoms with Gasteiger partial charge in [0.2, 0.25) is 0 Å². The monoisotopic (exact) mass is 215 g/mol. The largest absolute Gasteiger partial charge is 0.334 e. The highest BCUT2D eigenvalue weighted by molar-refractivity contribution is 5.63. The van der Waals surface area contributed by atoms with E-state index in [4.69, 9.17) is 5.73 Å². The SMILES string of the molecule is Cc1cccc(-c2nc(CN)n(C)c2C)c1. The van der Waals surface area contributed by atoms with Gasteiger partial charge in [0.1, 0.15) is 5.82 Å². The van der Waals surface area contributed by atoms with Crippen molar-refractivity contribution in [1.29, 1.82) is 0 Å². The molecule has 0 amide bonds. The van der Waals surface area contributed by atoms with Gasteiger partial charge in [0.05, 0.1) is 12.2 Å². The molecule has 2 N–H and O–H groups in total. The van der Waals surface area contributed by atoms with Crippen LogP contribution in [0.2, 0.25) is 0 Å². The van der Waals surface area contributed by atoms with Crippen molar-refractivity contribution < 1.29 is 0 Å². The second-order valence-electron chi connectivity index (χ2n) is 4.09. The van der Waals surface area contributed by atoms with Crippen molar-refractivity contribution in [3.05, 3.63) is 41.3 Å². The highest BCUT2D eigenvalue weighted by Crippen LogP contribution is 2.23. The lowest BCUT2D eigenvalue weighted by Crippen LogP contribution is -2.05. The Balaban J connectivity index is 2.56. The predicted octanol–water partition coefficient (Wildman–Crippen LogP) is 2.16. The van der Waals surface area contributed by atoms with Gasteiger partial charge in [-0.25, -0.2) is 4.98 Å². The Bertz CT molecular complexity index is 512. The molecule has 0 fully saturated rings. The fourth-order valence-electron chi connectivity index (χ4n) is 1.89. The summed E-state index contributed by atoms with van der Waals surface area (Å²) < 4.78 is 2.05. The molecule has 0 aliphatic rings. The van der Waals surface area contributed by atoms with Crippen LogP contribution in [0.3, 0.4) is 0 Å². The number of aryl methyl sites for hydroxylation is 1.